The Morgan fingerprint density at radius 1 is 0.972 bits per heavy atom. The molecule has 2 atom stereocenters. The molecule has 194 valence electrons. The number of morpholine rings is 1. The molecule has 0 aromatic carbocycles. The fourth-order valence-corrected chi connectivity index (χ4v) is 5.57. The summed E-state index contributed by atoms with van der Waals surface area (Å²) in [7, 11) is 0. The average molecular weight is 515 g/mol. The lowest BCUT2D eigenvalue weighted by Crippen LogP contribution is -2.53. The molecule has 3 saturated heterocycles. The number of halogens is 1. The maximum absolute atomic E-state index is 11.5. The Hall–Kier alpha value is -2.85. The van der Waals surface area contributed by atoms with E-state index in [9.17, 15) is 4.79 Å². The number of ether oxygens (including phenoxy) is 1. The highest BCUT2D eigenvalue weighted by molar-refractivity contribution is 6.33. The van der Waals surface area contributed by atoms with Crippen LogP contribution >= 0.6 is 11.6 Å². The minimum atomic E-state index is -0.534. The number of nitrogens with two attached hydrogens (primary N) is 1. The summed E-state index contributed by atoms with van der Waals surface area (Å²) in [5.41, 5.74) is 5.68. The van der Waals surface area contributed by atoms with E-state index in [0.717, 1.165) is 56.9 Å². The average Bonchev–Trinajstić information content (AvgIpc) is 2.89. The summed E-state index contributed by atoms with van der Waals surface area (Å²) in [4.78, 5) is 35.2. The van der Waals surface area contributed by atoms with Crippen molar-refractivity contribution < 1.29 is 9.53 Å². The number of pyridine rings is 1. The monoisotopic (exact) mass is 514 g/mol. The number of piperazine rings is 1. The molecular weight excluding hydrogens is 480 g/mol. The predicted octanol–water partition coefficient (Wildman–Crippen LogP) is 2.55. The lowest BCUT2D eigenvalue weighted by molar-refractivity contribution is 0.0981. The third-order valence-corrected chi connectivity index (χ3v) is 7.60. The molecule has 0 aliphatic carbocycles. The molecule has 0 radical (unpaired) electrons. The quantitative estimate of drug-likeness (QED) is 0.644. The number of carbonyl (C=O) groups excluding carboxylic acids is 1. The van der Waals surface area contributed by atoms with E-state index in [1.807, 2.05) is 0 Å². The van der Waals surface area contributed by atoms with Crippen LogP contribution in [-0.4, -0.2) is 85.4 Å². The van der Waals surface area contributed by atoms with Crippen molar-refractivity contribution in [1.82, 2.24) is 15.0 Å². The summed E-state index contributed by atoms with van der Waals surface area (Å²) >= 11 is 6.47. The molecular formula is C25H35ClN8O2. The lowest BCUT2D eigenvalue weighted by atomic mass is 10.1. The highest BCUT2D eigenvalue weighted by Crippen LogP contribution is 2.31. The largest absolute Gasteiger partial charge is 0.377 e. The number of rotatable bonds is 5. The van der Waals surface area contributed by atoms with Crippen LogP contribution in [0.4, 0.5) is 23.4 Å². The van der Waals surface area contributed by atoms with Crippen LogP contribution in [-0.2, 0) is 4.74 Å². The van der Waals surface area contributed by atoms with E-state index in [1.165, 1.54) is 25.5 Å². The van der Waals surface area contributed by atoms with Crippen LogP contribution in [0.3, 0.4) is 0 Å². The van der Waals surface area contributed by atoms with Gasteiger partial charge in [0.25, 0.3) is 0 Å². The molecule has 36 heavy (non-hydrogen) atoms. The Labute approximate surface area is 217 Å². The first kappa shape index (κ1) is 24.8. The molecule has 0 saturated carbocycles. The Balaban J connectivity index is 1.40. The van der Waals surface area contributed by atoms with Crippen molar-refractivity contribution in [1.29, 1.82) is 0 Å². The van der Waals surface area contributed by atoms with Gasteiger partial charge in [-0.3, -0.25) is 4.79 Å². The van der Waals surface area contributed by atoms with E-state index in [2.05, 4.69) is 44.5 Å². The zero-order valence-corrected chi connectivity index (χ0v) is 21.8. The summed E-state index contributed by atoms with van der Waals surface area (Å²) in [6.45, 7) is 10.8. The minimum Gasteiger partial charge on any atom is -0.377 e. The van der Waals surface area contributed by atoms with Gasteiger partial charge >= 0.3 is 0 Å². The first-order chi connectivity index (χ1) is 17.4. The number of hydrogen-bond acceptors (Lipinski definition) is 9. The molecule has 2 N–H and O–H groups in total. The van der Waals surface area contributed by atoms with Gasteiger partial charge in [0.1, 0.15) is 17.5 Å². The van der Waals surface area contributed by atoms with Crippen molar-refractivity contribution in [2.75, 3.05) is 72.1 Å². The van der Waals surface area contributed by atoms with Crippen LogP contribution < -0.4 is 25.3 Å². The topological polar surface area (TPSA) is 104 Å². The first-order valence-electron chi connectivity index (χ1n) is 12.9. The predicted molar refractivity (Wildman–Crippen MR) is 143 cm³/mol. The van der Waals surface area contributed by atoms with E-state index in [-0.39, 0.29) is 12.1 Å². The van der Waals surface area contributed by atoms with Gasteiger partial charge in [-0.05, 0) is 39.2 Å². The third-order valence-electron chi connectivity index (χ3n) is 7.32. The second kappa shape index (κ2) is 10.6. The zero-order chi connectivity index (χ0) is 25.2. The molecule has 2 aromatic heterocycles. The number of hydrogen-bond donors (Lipinski definition) is 1. The molecule has 3 fully saturated rings. The highest BCUT2D eigenvalue weighted by atomic mass is 35.5. The van der Waals surface area contributed by atoms with E-state index in [0.29, 0.717) is 29.6 Å². The van der Waals surface area contributed by atoms with Gasteiger partial charge in [-0.2, -0.15) is 9.97 Å². The van der Waals surface area contributed by atoms with E-state index < -0.39 is 5.91 Å². The Kier molecular flexibility index (Phi) is 7.34. The Bertz CT molecular complexity index is 1100. The Morgan fingerprint density at radius 3 is 2.44 bits per heavy atom. The first-order valence-corrected chi connectivity index (χ1v) is 13.2. The van der Waals surface area contributed by atoms with Gasteiger partial charge in [0, 0.05) is 57.6 Å². The number of nitrogens with zero attached hydrogens (tertiary/aromatic N) is 7. The second-order valence-electron chi connectivity index (χ2n) is 9.93. The fourth-order valence-electron chi connectivity index (χ4n) is 5.28. The van der Waals surface area contributed by atoms with Gasteiger partial charge in [0.15, 0.2) is 0 Å². The van der Waals surface area contributed by atoms with Gasteiger partial charge in [0.05, 0.1) is 29.8 Å². The number of primary amides is 1. The fraction of sp³-hybridized carbons (Fsp3) is 0.600. The normalized spacial score (nSPS) is 23.2. The zero-order valence-electron chi connectivity index (χ0n) is 21.1. The molecule has 0 spiro atoms. The molecule has 5 rings (SSSR count). The molecule has 11 heteroatoms. The second-order valence-corrected chi connectivity index (χ2v) is 10.3. The van der Waals surface area contributed by atoms with Crippen molar-refractivity contribution in [2.45, 2.75) is 45.2 Å². The Morgan fingerprint density at radius 2 is 1.75 bits per heavy atom. The molecule has 0 bridgehead atoms. The molecule has 3 aliphatic rings. The number of amides is 1. The maximum Gasteiger partial charge on any atom is 0.250 e. The molecule has 0 unspecified atom stereocenters. The van der Waals surface area contributed by atoms with Crippen molar-refractivity contribution >= 4 is 40.9 Å². The van der Waals surface area contributed by atoms with Crippen molar-refractivity contribution in [3.05, 3.63) is 28.9 Å². The molecule has 10 nitrogen and oxygen atoms in total. The van der Waals surface area contributed by atoms with Gasteiger partial charge in [0.2, 0.25) is 11.9 Å². The van der Waals surface area contributed by atoms with Crippen LogP contribution in [0.1, 0.15) is 43.5 Å². The minimum absolute atomic E-state index is 0.173. The van der Waals surface area contributed by atoms with Crippen molar-refractivity contribution in [3.8, 4) is 0 Å². The number of anilines is 4. The smallest absolute Gasteiger partial charge is 0.250 e. The van der Waals surface area contributed by atoms with E-state index in [4.69, 9.17) is 32.0 Å². The SMILES string of the molecule is C[C@@H]1CN(c2ncc(C(N)=O)cc2Cl)CCN1c1cc(N2CCCCC2)nc(N2CCOC[C@@H]2C)n1. The highest BCUT2D eigenvalue weighted by Gasteiger charge is 2.30. The number of carbonyl (C=O) groups is 1. The van der Waals surface area contributed by atoms with E-state index in [1.54, 1.807) is 6.07 Å². The lowest BCUT2D eigenvalue weighted by Gasteiger charge is -2.42. The summed E-state index contributed by atoms with van der Waals surface area (Å²) in [6, 6.07) is 4.15. The van der Waals surface area contributed by atoms with Crippen molar-refractivity contribution in [2.24, 2.45) is 5.73 Å². The van der Waals surface area contributed by atoms with Crippen LogP contribution in [0.25, 0.3) is 0 Å². The summed E-state index contributed by atoms with van der Waals surface area (Å²) in [5.74, 6) is 2.88. The molecule has 5 heterocycles. The van der Waals surface area contributed by atoms with Crippen LogP contribution in [0.15, 0.2) is 18.3 Å². The van der Waals surface area contributed by atoms with Crippen LogP contribution in [0.2, 0.25) is 5.02 Å². The van der Waals surface area contributed by atoms with Crippen LogP contribution in [0.5, 0.6) is 0 Å². The summed E-state index contributed by atoms with van der Waals surface area (Å²) in [6.07, 6.45) is 5.16. The van der Waals surface area contributed by atoms with Gasteiger partial charge in [-0.1, -0.05) is 11.6 Å². The summed E-state index contributed by atoms with van der Waals surface area (Å²) in [5, 5.41) is 0.435. The van der Waals surface area contributed by atoms with Crippen molar-refractivity contribution in [3.63, 3.8) is 0 Å². The number of aromatic nitrogens is 3. The van der Waals surface area contributed by atoms with Gasteiger partial charge < -0.3 is 30.1 Å². The third kappa shape index (κ3) is 5.15. The molecule has 2 aromatic rings. The standard InChI is InChI=1S/C25H35ClN8O2/c1-17-15-32(24-20(26)12-19(14-28-24)23(27)35)8-9-33(17)22-13-21(31-6-4-3-5-7-31)29-25(30-22)34-10-11-36-16-18(34)2/h12-14,17-18H,3-11,15-16H2,1-2H3,(H2,27,35)/t17-,18+/m1/s1. The summed E-state index contributed by atoms with van der Waals surface area (Å²) < 4.78 is 5.66. The number of piperidine rings is 1. The van der Waals surface area contributed by atoms with E-state index >= 15 is 0 Å². The van der Waals surface area contributed by atoms with Gasteiger partial charge in [-0.15, -0.1) is 0 Å². The molecule has 1 amide bonds. The van der Waals surface area contributed by atoms with Gasteiger partial charge in [-0.25, -0.2) is 4.98 Å². The van der Waals surface area contributed by atoms with Crippen LogP contribution in [0, 0.1) is 0 Å². The maximum atomic E-state index is 11.5. The molecule has 3 aliphatic heterocycles.